The molecule has 0 spiro atoms. The molecule has 0 aromatic heterocycles. The minimum atomic E-state index is -0.312. The van der Waals surface area contributed by atoms with Crippen molar-refractivity contribution in [2.45, 2.75) is 13.8 Å². The molecule has 0 heterocycles. The minimum absolute atomic E-state index is 0.0917. The molecule has 118 valence electrons. The van der Waals surface area contributed by atoms with Crippen molar-refractivity contribution in [2.24, 2.45) is 0 Å². The van der Waals surface area contributed by atoms with Crippen molar-refractivity contribution in [1.82, 2.24) is 4.90 Å². The minimum Gasteiger partial charge on any atom is -0.460 e. The fraction of sp³-hybridized carbons (Fsp3) is 0.158. The molecule has 0 saturated heterocycles. The first-order valence-corrected chi connectivity index (χ1v) is 7.33. The van der Waals surface area contributed by atoms with Gasteiger partial charge in [-0.25, -0.2) is 0 Å². The van der Waals surface area contributed by atoms with Crippen molar-refractivity contribution in [2.75, 3.05) is 6.54 Å². The van der Waals surface area contributed by atoms with Crippen LogP contribution in [0.5, 0.6) is 5.75 Å². The maximum absolute atomic E-state index is 11.6. The van der Waals surface area contributed by atoms with E-state index in [1.54, 1.807) is 0 Å². The summed E-state index contributed by atoms with van der Waals surface area (Å²) in [6.45, 7) is 2.82. The zero-order valence-electron chi connectivity index (χ0n) is 13.2. The van der Waals surface area contributed by atoms with Crippen molar-refractivity contribution >= 4 is 17.9 Å². The van der Waals surface area contributed by atoms with Gasteiger partial charge < -0.3 is 4.74 Å². The van der Waals surface area contributed by atoms with Gasteiger partial charge in [-0.2, -0.15) is 0 Å². The number of para-hydroxylation sites is 1. The van der Waals surface area contributed by atoms with Crippen molar-refractivity contribution in [3.05, 3.63) is 72.0 Å². The van der Waals surface area contributed by atoms with Crippen LogP contribution in [0.25, 0.3) is 6.08 Å². The van der Waals surface area contributed by atoms with Gasteiger partial charge in [-0.1, -0.05) is 48.5 Å². The Labute approximate surface area is 136 Å². The molecular weight excluding hydrogens is 290 g/mol. The molecule has 2 aromatic rings. The molecule has 4 heteroatoms. The molecule has 4 nitrogen and oxygen atoms in total. The SMILES string of the molecule is CC(=O)N(C/C(=C/c1ccccc1)Oc1ccccc1)C(C)=O. The van der Waals surface area contributed by atoms with E-state index < -0.39 is 0 Å². The van der Waals surface area contributed by atoms with Crippen LogP contribution in [0.1, 0.15) is 19.4 Å². The molecule has 0 aliphatic carbocycles. The largest absolute Gasteiger partial charge is 0.460 e. The molecule has 23 heavy (non-hydrogen) atoms. The van der Waals surface area contributed by atoms with E-state index in [9.17, 15) is 9.59 Å². The van der Waals surface area contributed by atoms with Gasteiger partial charge in [0.2, 0.25) is 11.8 Å². The number of amides is 2. The summed E-state index contributed by atoms with van der Waals surface area (Å²) in [5.41, 5.74) is 0.936. The molecule has 2 rings (SSSR count). The first-order valence-electron chi connectivity index (χ1n) is 7.33. The standard InChI is InChI=1S/C19H19NO3/c1-15(21)20(16(2)22)14-19(13-17-9-5-3-6-10-17)23-18-11-7-4-8-12-18/h3-13H,14H2,1-2H3/b19-13-. The molecule has 0 bridgehead atoms. The van der Waals surface area contributed by atoms with Gasteiger partial charge in [-0.15, -0.1) is 0 Å². The van der Waals surface area contributed by atoms with Gasteiger partial charge >= 0.3 is 0 Å². The van der Waals surface area contributed by atoms with E-state index in [0.29, 0.717) is 11.5 Å². The first kappa shape index (κ1) is 16.5. The lowest BCUT2D eigenvalue weighted by Gasteiger charge is -2.19. The third-order valence-corrected chi connectivity index (χ3v) is 3.19. The Hall–Kier alpha value is -2.88. The summed E-state index contributed by atoms with van der Waals surface area (Å²) < 4.78 is 5.86. The van der Waals surface area contributed by atoms with Crippen LogP contribution in [0.2, 0.25) is 0 Å². The summed E-state index contributed by atoms with van der Waals surface area (Å²) in [6.07, 6.45) is 1.83. The molecule has 0 radical (unpaired) electrons. The van der Waals surface area contributed by atoms with Crippen LogP contribution in [0.15, 0.2) is 66.4 Å². The number of carbonyl (C=O) groups excluding carboxylic acids is 2. The highest BCUT2D eigenvalue weighted by Gasteiger charge is 2.16. The maximum Gasteiger partial charge on any atom is 0.226 e. The number of carbonyl (C=O) groups is 2. The molecule has 2 amide bonds. The monoisotopic (exact) mass is 309 g/mol. The van der Waals surface area contributed by atoms with E-state index in [-0.39, 0.29) is 18.4 Å². The normalized spacial score (nSPS) is 11.0. The van der Waals surface area contributed by atoms with Gasteiger partial charge in [-0.05, 0) is 23.8 Å². The van der Waals surface area contributed by atoms with E-state index in [1.807, 2.05) is 66.7 Å². The Morgan fingerprint density at radius 1 is 0.913 bits per heavy atom. The molecule has 0 fully saturated rings. The van der Waals surface area contributed by atoms with E-state index in [0.717, 1.165) is 10.5 Å². The van der Waals surface area contributed by atoms with Crippen LogP contribution in [-0.4, -0.2) is 23.3 Å². The number of benzene rings is 2. The van der Waals surface area contributed by atoms with Crippen LogP contribution in [0.3, 0.4) is 0 Å². The summed E-state index contributed by atoms with van der Waals surface area (Å²) in [5.74, 6) is 0.552. The van der Waals surface area contributed by atoms with Crippen LogP contribution < -0.4 is 4.74 Å². The van der Waals surface area contributed by atoms with Crippen molar-refractivity contribution < 1.29 is 14.3 Å². The van der Waals surface area contributed by atoms with Gasteiger partial charge in [0.1, 0.15) is 11.5 Å². The molecular formula is C19H19NO3. The number of rotatable bonds is 5. The average Bonchev–Trinajstić information content (AvgIpc) is 2.53. The quantitative estimate of drug-likeness (QED) is 0.794. The van der Waals surface area contributed by atoms with E-state index in [2.05, 4.69) is 0 Å². The third kappa shape index (κ3) is 5.11. The zero-order valence-corrected chi connectivity index (χ0v) is 13.2. The lowest BCUT2D eigenvalue weighted by Crippen LogP contribution is -2.35. The van der Waals surface area contributed by atoms with Crippen molar-refractivity contribution in [3.8, 4) is 5.75 Å². The summed E-state index contributed by atoms with van der Waals surface area (Å²) in [7, 11) is 0. The Kier molecular flexibility index (Phi) is 5.69. The van der Waals surface area contributed by atoms with E-state index >= 15 is 0 Å². The fourth-order valence-electron chi connectivity index (χ4n) is 2.08. The van der Waals surface area contributed by atoms with Crippen LogP contribution >= 0.6 is 0 Å². The second-order valence-electron chi connectivity index (χ2n) is 5.06. The summed E-state index contributed by atoms with van der Waals surface area (Å²) in [6, 6.07) is 18.9. The van der Waals surface area contributed by atoms with Gasteiger partial charge in [0.25, 0.3) is 0 Å². The predicted molar refractivity (Wildman–Crippen MR) is 89.6 cm³/mol. The van der Waals surface area contributed by atoms with Crippen molar-refractivity contribution in [3.63, 3.8) is 0 Å². The molecule has 0 saturated carbocycles. The predicted octanol–water partition coefficient (Wildman–Crippen LogP) is 3.50. The Bertz CT molecular complexity index is 679. The average molecular weight is 309 g/mol. The number of nitrogens with zero attached hydrogens (tertiary/aromatic N) is 1. The van der Waals surface area contributed by atoms with Crippen LogP contribution in [-0.2, 0) is 9.59 Å². The van der Waals surface area contributed by atoms with Crippen LogP contribution in [0.4, 0.5) is 0 Å². The molecule has 0 aliphatic heterocycles. The Morgan fingerprint density at radius 2 is 1.43 bits per heavy atom. The highest BCUT2D eigenvalue weighted by molar-refractivity contribution is 5.93. The second-order valence-corrected chi connectivity index (χ2v) is 5.06. The molecule has 0 unspecified atom stereocenters. The lowest BCUT2D eigenvalue weighted by molar-refractivity contribution is -0.141. The smallest absolute Gasteiger partial charge is 0.226 e. The van der Waals surface area contributed by atoms with Gasteiger partial charge in [0.05, 0.1) is 6.54 Å². The Balaban J connectivity index is 2.29. The zero-order chi connectivity index (χ0) is 16.7. The van der Waals surface area contributed by atoms with E-state index in [1.165, 1.54) is 13.8 Å². The number of ether oxygens (including phenoxy) is 1. The number of hydrogen-bond donors (Lipinski definition) is 0. The van der Waals surface area contributed by atoms with Gasteiger partial charge in [0.15, 0.2) is 0 Å². The molecule has 2 aromatic carbocycles. The highest BCUT2D eigenvalue weighted by Crippen LogP contribution is 2.16. The van der Waals surface area contributed by atoms with Crippen molar-refractivity contribution in [1.29, 1.82) is 0 Å². The summed E-state index contributed by atoms with van der Waals surface area (Å²) in [4.78, 5) is 24.4. The number of imide groups is 1. The summed E-state index contributed by atoms with van der Waals surface area (Å²) in [5, 5.41) is 0. The first-order chi connectivity index (χ1) is 11.1. The van der Waals surface area contributed by atoms with E-state index in [4.69, 9.17) is 4.74 Å². The van der Waals surface area contributed by atoms with Gasteiger partial charge in [0, 0.05) is 13.8 Å². The van der Waals surface area contributed by atoms with Crippen LogP contribution in [0, 0.1) is 0 Å². The fourth-order valence-corrected chi connectivity index (χ4v) is 2.08. The maximum atomic E-state index is 11.6. The second kappa shape index (κ2) is 7.94. The third-order valence-electron chi connectivity index (χ3n) is 3.19. The highest BCUT2D eigenvalue weighted by atomic mass is 16.5. The lowest BCUT2D eigenvalue weighted by atomic mass is 10.2. The topological polar surface area (TPSA) is 46.6 Å². The molecule has 0 atom stereocenters. The van der Waals surface area contributed by atoms with Gasteiger partial charge in [-0.3, -0.25) is 14.5 Å². The Morgan fingerprint density at radius 3 is 1.96 bits per heavy atom. The summed E-state index contributed by atoms with van der Waals surface area (Å²) >= 11 is 0. The molecule has 0 N–H and O–H groups in total. The molecule has 0 aliphatic rings. The number of hydrogen-bond acceptors (Lipinski definition) is 3.